The SMILES string of the molecule is c1ccc(-c2cc(-c3ccccc3)cc(-c3cccc(-c4cc(-c5ccc6c7ccccc7c7ccccc7c6c5)cc(-c5cccc6c5sc5ccccc56)c4)c3)c2)cc1. The summed E-state index contributed by atoms with van der Waals surface area (Å²) in [5, 5.41) is 10.3. The van der Waals surface area contributed by atoms with Crippen molar-refractivity contribution in [3.8, 4) is 66.8 Å². The van der Waals surface area contributed by atoms with E-state index in [9.17, 15) is 0 Å². The average molecular weight is 791 g/mol. The molecule has 0 aliphatic rings. The molecule has 0 fully saturated rings. The maximum atomic E-state index is 2.42. The maximum absolute atomic E-state index is 2.42. The van der Waals surface area contributed by atoms with Gasteiger partial charge in [0.05, 0.1) is 0 Å². The summed E-state index contributed by atoms with van der Waals surface area (Å²) in [6.07, 6.45) is 0. The molecule has 0 N–H and O–H groups in total. The molecule has 0 aliphatic heterocycles. The van der Waals surface area contributed by atoms with Crippen LogP contribution in [0.2, 0.25) is 0 Å². The molecule has 284 valence electrons. The van der Waals surface area contributed by atoms with E-state index in [4.69, 9.17) is 0 Å². The molecule has 0 spiro atoms. The summed E-state index contributed by atoms with van der Waals surface area (Å²) in [6, 6.07) is 85.1. The van der Waals surface area contributed by atoms with Crippen molar-refractivity contribution < 1.29 is 0 Å². The van der Waals surface area contributed by atoms with E-state index in [-0.39, 0.29) is 0 Å². The predicted molar refractivity (Wildman–Crippen MR) is 264 cm³/mol. The maximum Gasteiger partial charge on any atom is 0.0433 e. The molecule has 0 saturated heterocycles. The summed E-state index contributed by atoms with van der Waals surface area (Å²) >= 11 is 1.89. The Morgan fingerprint density at radius 1 is 0.197 bits per heavy atom. The Bertz CT molecular complexity index is 3540. The van der Waals surface area contributed by atoms with E-state index in [0.717, 1.165) is 0 Å². The number of hydrogen-bond acceptors (Lipinski definition) is 1. The molecule has 0 saturated carbocycles. The fourth-order valence-corrected chi connectivity index (χ4v) is 10.7. The molecule has 61 heavy (non-hydrogen) atoms. The van der Waals surface area contributed by atoms with Crippen LogP contribution in [0.4, 0.5) is 0 Å². The first-order valence-corrected chi connectivity index (χ1v) is 21.8. The molecular formula is C60H38S. The van der Waals surface area contributed by atoms with Crippen molar-refractivity contribution >= 4 is 63.8 Å². The van der Waals surface area contributed by atoms with Gasteiger partial charge < -0.3 is 0 Å². The van der Waals surface area contributed by atoms with Crippen molar-refractivity contribution in [1.82, 2.24) is 0 Å². The third kappa shape index (κ3) is 6.22. The molecule has 0 amide bonds. The van der Waals surface area contributed by atoms with E-state index >= 15 is 0 Å². The predicted octanol–water partition coefficient (Wildman–Crippen LogP) is 17.5. The van der Waals surface area contributed by atoms with Gasteiger partial charge in [-0.05, 0) is 154 Å². The molecular weight excluding hydrogens is 753 g/mol. The van der Waals surface area contributed by atoms with E-state index in [1.54, 1.807) is 0 Å². The topological polar surface area (TPSA) is 0 Å². The van der Waals surface area contributed by atoms with Crippen molar-refractivity contribution in [2.45, 2.75) is 0 Å². The molecule has 1 heteroatoms. The molecule has 0 bridgehead atoms. The van der Waals surface area contributed by atoms with Gasteiger partial charge in [0.25, 0.3) is 0 Å². The largest absolute Gasteiger partial charge is 0.135 e. The molecule has 11 aromatic carbocycles. The molecule has 1 aromatic heterocycles. The van der Waals surface area contributed by atoms with E-state index in [2.05, 4.69) is 231 Å². The van der Waals surface area contributed by atoms with E-state index in [0.29, 0.717) is 0 Å². The number of fused-ring (bicyclic) bond motifs is 9. The standard InChI is InChI=1S/C60H38S/c1-3-15-39(16-4-1)44-32-45(40-17-5-2-6-18-40)34-46(33-44)41-19-13-20-42(31-41)47-35-48(37-49(36-47)50-26-14-27-57-56-25-11-12-28-59(56)61-60(50)57)43-29-30-55-53-23-8-7-21-51(53)52-22-9-10-24-54(52)58(55)38-43/h1-38H. The lowest BCUT2D eigenvalue weighted by Crippen LogP contribution is -1.89. The van der Waals surface area contributed by atoms with Crippen LogP contribution in [0.15, 0.2) is 231 Å². The summed E-state index contributed by atoms with van der Waals surface area (Å²) in [4.78, 5) is 0. The second-order valence-corrected chi connectivity index (χ2v) is 17.1. The summed E-state index contributed by atoms with van der Waals surface area (Å²) < 4.78 is 2.64. The molecule has 12 aromatic rings. The van der Waals surface area contributed by atoms with Gasteiger partial charge in [-0.25, -0.2) is 0 Å². The summed E-state index contributed by atoms with van der Waals surface area (Å²) in [7, 11) is 0. The van der Waals surface area contributed by atoms with Gasteiger partial charge in [-0.15, -0.1) is 11.3 Å². The highest BCUT2D eigenvalue weighted by Crippen LogP contribution is 2.44. The van der Waals surface area contributed by atoms with Gasteiger partial charge in [0.15, 0.2) is 0 Å². The van der Waals surface area contributed by atoms with Crippen LogP contribution in [0.5, 0.6) is 0 Å². The summed E-state index contributed by atoms with van der Waals surface area (Å²) in [5.74, 6) is 0. The zero-order chi connectivity index (χ0) is 40.3. The summed E-state index contributed by atoms with van der Waals surface area (Å²) in [6.45, 7) is 0. The van der Waals surface area contributed by atoms with Gasteiger partial charge in [-0.2, -0.15) is 0 Å². The van der Waals surface area contributed by atoms with Gasteiger partial charge in [0.2, 0.25) is 0 Å². The van der Waals surface area contributed by atoms with Gasteiger partial charge in [-0.1, -0.05) is 176 Å². The lowest BCUT2D eigenvalue weighted by Gasteiger charge is -2.15. The molecule has 0 atom stereocenters. The second kappa shape index (κ2) is 14.6. The normalized spacial score (nSPS) is 11.6. The first-order valence-electron chi connectivity index (χ1n) is 21.0. The Balaban J connectivity index is 1.07. The number of hydrogen-bond donors (Lipinski definition) is 0. The van der Waals surface area contributed by atoms with E-state index in [1.807, 2.05) is 11.3 Å². The third-order valence-electron chi connectivity index (χ3n) is 12.4. The minimum Gasteiger partial charge on any atom is -0.135 e. The highest BCUT2D eigenvalue weighted by atomic mass is 32.1. The second-order valence-electron chi connectivity index (χ2n) is 16.0. The fraction of sp³-hybridized carbons (Fsp3) is 0. The Morgan fingerprint density at radius 3 is 1.15 bits per heavy atom. The van der Waals surface area contributed by atoms with Crippen LogP contribution in [0.3, 0.4) is 0 Å². The van der Waals surface area contributed by atoms with Crippen LogP contribution >= 0.6 is 11.3 Å². The lowest BCUT2D eigenvalue weighted by atomic mass is 9.89. The Kier molecular flexibility index (Phi) is 8.47. The van der Waals surface area contributed by atoms with Gasteiger partial charge in [0.1, 0.15) is 0 Å². The van der Waals surface area contributed by atoms with Crippen LogP contribution in [-0.2, 0) is 0 Å². The van der Waals surface area contributed by atoms with Gasteiger partial charge in [-0.3, -0.25) is 0 Å². The van der Waals surface area contributed by atoms with Crippen LogP contribution in [0.1, 0.15) is 0 Å². The molecule has 0 radical (unpaired) electrons. The van der Waals surface area contributed by atoms with Crippen molar-refractivity contribution in [3.63, 3.8) is 0 Å². The zero-order valence-corrected chi connectivity index (χ0v) is 34.2. The van der Waals surface area contributed by atoms with Crippen molar-refractivity contribution in [1.29, 1.82) is 0 Å². The van der Waals surface area contributed by atoms with E-state index in [1.165, 1.54) is 119 Å². The Hall–Kier alpha value is -7.58. The van der Waals surface area contributed by atoms with Crippen molar-refractivity contribution in [2.75, 3.05) is 0 Å². The van der Waals surface area contributed by atoms with Crippen LogP contribution in [-0.4, -0.2) is 0 Å². The lowest BCUT2D eigenvalue weighted by molar-refractivity contribution is 1.55. The van der Waals surface area contributed by atoms with Crippen LogP contribution < -0.4 is 0 Å². The zero-order valence-electron chi connectivity index (χ0n) is 33.3. The minimum atomic E-state index is 1.19. The Labute approximate surface area is 359 Å². The molecule has 12 rings (SSSR count). The average Bonchev–Trinajstić information content (AvgIpc) is 3.73. The minimum absolute atomic E-state index is 1.19. The molecule has 0 nitrogen and oxygen atoms in total. The van der Waals surface area contributed by atoms with Gasteiger partial charge in [0, 0.05) is 20.2 Å². The van der Waals surface area contributed by atoms with Crippen LogP contribution in [0, 0.1) is 0 Å². The van der Waals surface area contributed by atoms with Gasteiger partial charge >= 0.3 is 0 Å². The summed E-state index contributed by atoms with van der Waals surface area (Å²) in [5.41, 5.74) is 14.5. The molecule has 1 heterocycles. The van der Waals surface area contributed by atoms with E-state index < -0.39 is 0 Å². The first-order chi connectivity index (χ1) is 30.2. The third-order valence-corrected chi connectivity index (χ3v) is 13.6. The highest BCUT2D eigenvalue weighted by molar-refractivity contribution is 7.26. The van der Waals surface area contributed by atoms with Crippen molar-refractivity contribution in [3.05, 3.63) is 231 Å². The monoisotopic (exact) mass is 790 g/mol. The number of benzene rings is 11. The van der Waals surface area contributed by atoms with Crippen LogP contribution in [0.25, 0.3) is 119 Å². The van der Waals surface area contributed by atoms with Crippen molar-refractivity contribution in [2.24, 2.45) is 0 Å². The molecule has 0 unspecified atom stereocenters. The quantitative estimate of drug-likeness (QED) is 0.147. The smallest absolute Gasteiger partial charge is 0.0433 e. The number of thiophene rings is 1. The number of rotatable bonds is 6. The Morgan fingerprint density at radius 2 is 0.574 bits per heavy atom. The highest BCUT2D eigenvalue weighted by Gasteiger charge is 2.16. The first kappa shape index (κ1) is 35.4. The molecule has 0 aliphatic carbocycles. The fourth-order valence-electron chi connectivity index (χ4n) is 9.45.